The Kier molecular flexibility index (Phi) is 11.2. The van der Waals surface area contributed by atoms with E-state index in [0.717, 1.165) is 61.8 Å². The summed E-state index contributed by atoms with van der Waals surface area (Å²) in [6, 6.07) is 27.2. The van der Waals surface area contributed by atoms with Gasteiger partial charge in [-0.15, -0.1) is 22.7 Å². The van der Waals surface area contributed by atoms with Gasteiger partial charge in [0.2, 0.25) is 11.8 Å². The molecule has 0 bridgehead atoms. The van der Waals surface area contributed by atoms with Gasteiger partial charge in [-0.2, -0.15) is 0 Å². The molecule has 2 aromatic heterocycles. The van der Waals surface area contributed by atoms with Crippen molar-refractivity contribution in [1.29, 1.82) is 0 Å². The Morgan fingerprint density at radius 1 is 0.638 bits per heavy atom. The zero-order chi connectivity index (χ0) is 32.6. The zero-order valence-corrected chi connectivity index (χ0v) is 29.6. The largest absolute Gasteiger partial charge is 0.494 e. The first kappa shape index (κ1) is 33.2. The van der Waals surface area contributed by atoms with Crippen LogP contribution in [-0.2, 0) is 9.59 Å². The molecule has 0 saturated heterocycles. The number of aromatic nitrogens is 2. The van der Waals surface area contributed by atoms with Gasteiger partial charge in [0.1, 0.15) is 11.5 Å². The van der Waals surface area contributed by atoms with Crippen LogP contribution >= 0.6 is 58.0 Å². The van der Waals surface area contributed by atoms with E-state index in [2.05, 4.69) is 20.6 Å². The molecule has 0 spiro atoms. The molecule has 0 fully saturated rings. The molecule has 4 aromatic carbocycles. The molecule has 0 saturated carbocycles. The Bertz CT molecular complexity index is 1850. The number of ether oxygens (including phenoxy) is 2. The van der Waals surface area contributed by atoms with Crippen molar-refractivity contribution in [2.45, 2.75) is 32.3 Å². The molecule has 0 aliphatic rings. The predicted octanol–water partition coefficient (Wildman–Crippen LogP) is 9.32. The van der Waals surface area contributed by atoms with Crippen LogP contribution in [0.2, 0.25) is 0 Å². The fourth-order valence-corrected chi connectivity index (χ4v) is 9.01. The van der Waals surface area contributed by atoms with E-state index in [9.17, 15) is 9.59 Å². The van der Waals surface area contributed by atoms with E-state index in [4.69, 9.17) is 9.47 Å². The maximum Gasteiger partial charge on any atom is 0.234 e. The van der Waals surface area contributed by atoms with E-state index < -0.39 is 0 Å². The van der Waals surface area contributed by atoms with Crippen molar-refractivity contribution < 1.29 is 19.1 Å². The van der Waals surface area contributed by atoms with Crippen molar-refractivity contribution in [2.24, 2.45) is 0 Å². The molecule has 2 amide bonds. The maximum absolute atomic E-state index is 12.6. The second-order valence-electron chi connectivity index (χ2n) is 9.91. The van der Waals surface area contributed by atoms with Crippen LogP contribution in [0.25, 0.3) is 20.4 Å². The first-order chi connectivity index (χ1) is 22.9. The van der Waals surface area contributed by atoms with Crippen molar-refractivity contribution in [1.82, 2.24) is 9.97 Å². The van der Waals surface area contributed by atoms with Gasteiger partial charge in [-0.3, -0.25) is 9.59 Å². The van der Waals surface area contributed by atoms with Crippen molar-refractivity contribution in [2.75, 3.05) is 35.4 Å². The van der Waals surface area contributed by atoms with Crippen LogP contribution in [0.4, 0.5) is 11.4 Å². The molecule has 0 unspecified atom stereocenters. The van der Waals surface area contributed by atoms with Crippen LogP contribution in [0, 0.1) is 0 Å². The molecule has 6 rings (SSSR count). The Morgan fingerprint density at radius 2 is 1.06 bits per heavy atom. The molecule has 13 heteroatoms. The molecule has 0 aliphatic heterocycles. The molecule has 240 valence electrons. The molecule has 6 aromatic rings. The fourth-order valence-electron chi connectivity index (χ4n) is 4.40. The maximum atomic E-state index is 12.6. The van der Waals surface area contributed by atoms with Crippen LogP contribution in [-0.4, -0.2) is 46.5 Å². The summed E-state index contributed by atoms with van der Waals surface area (Å²) in [6.45, 7) is 5.15. The van der Waals surface area contributed by atoms with Gasteiger partial charge in [-0.25, -0.2) is 9.97 Å². The van der Waals surface area contributed by atoms with Gasteiger partial charge in [0.15, 0.2) is 8.68 Å². The SMILES string of the molecule is CCOc1ccc2nc(SCC(=O)Nc3ccc(Sc4ccc(NC(=O)CSc5nc6ccc(OCC)cc6s5)cc4)cc3)sc2c1. The number of hydrogen-bond acceptors (Lipinski definition) is 11. The Hall–Kier alpha value is -3.75. The molecule has 0 aliphatic carbocycles. The number of nitrogens with one attached hydrogen (secondary N) is 2. The number of nitrogens with zero attached hydrogens (tertiary/aromatic N) is 2. The highest BCUT2D eigenvalue weighted by atomic mass is 32.2. The lowest BCUT2D eigenvalue weighted by atomic mass is 10.3. The molecule has 2 N–H and O–H groups in total. The van der Waals surface area contributed by atoms with E-state index in [1.54, 1.807) is 34.4 Å². The minimum atomic E-state index is -0.0862. The molecule has 47 heavy (non-hydrogen) atoms. The number of fused-ring (bicyclic) bond motifs is 2. The third-order valence-electron chi connectivity index (χ3n) is 6.47. The summed E-state index contributed by atoms with van der Waals surface area (Å²) in [5.41, 5.74) is 3.29. The third-order valence-corrected chi connectivity index (χ3v) is 11.8. The van der Waals surface area contributed by atoms with Gasteiger partial charge in [-0.1, -0.05) is 35.3 Å². The number of amides is 2. The van der Waals surface area contributed by atoms with Crippen molar-refractivity contribution in [3.63, 3.8) is 0 Å². The molecule has 0 atom stereocenters. The van der Waals surface area contributed by atoms with Crippen LogP contribution in [0.3, 0.4) is 0 Å². The number of anilines is 2. The highest BCUT2D eigenvalue weighted by Crippen LogP contribution is 2.34. The second-order valence-corrected chi connectivity index (χ2v) is 15.6. The molecule has 8 nitrogen and oxygen atoms in total. The first-order valence-corrected chi connectivity index (χ1v) is 19.2. The highest BCUT2D eigenvalue weighted by molar-refractivity contribution is 8.02. The summed E-state index contributed by atoms with van der Waals surface area (Å²) in [5, 5.41) is 5.92. The average molecular weight is 719 g/mol. The second kappa shape index (κ2) is 15.9. The van der Waals surface area contributed by atoms with Crippen LogP contribution in [0.5, 0.6) is 11.5 Å². The van der Waals surface area contributed by atoms with Gasteiger partial charge < -0.3 is 20.1 Å². The van der Waals surface area contributed by atoms with Crippen molar-refractivity contribution in [3.05, 3.63) is 84.9 Å². The Labute approximate surface area is 293 Å². The zero-order valence-electron chi connectivity index (χ0n) is 25.5. The number of thiazole rings is 2. The molecular weight excluding hydrogens is 689 g/mol. The number of hydrogen-bond donors (Lipinski definition) is 2. The Morgan fingerprint density at radius 3 is 1.47 bits per heavy atom. The van der Waals surface area contributed by atoms with E-state index in [0.29, 0.717) is 13.2 Å². The summed E-state index contributed by atoms with van der Waals surface area (Å²) >= 11 is 7.57. The van der Waals surface area contributed by atoms with Gasteiger partial charge in [-0.05, 0) is 98.8 Å². The summed E-state index contributed by atoms with van der Waals surface area (Å²) in [6.07, 6.45) is 0. The monoisotopic (exact) mass is 718 g/mol. The van der Waals surface area contributed by atoms with E-state index in [1.165, 1.54) is 23.5 Å². The van der Waals surface area contributed by atoms with Crippen molar-refractivity contribution >= 4 is 102 Å². The van der Waals surface area contributed by atoms with E-state index in [-0.39, 0.29) is 23.3 Å². The lowest BCUT2D eigenvalue weighted by molar-refractivity contribution is -0.114. The topological polar surface area (TPSA) is 102 Å². The first-order valence-electron chi connectivity index (χ1n) is 14.7. The number of carbonyl (C=O) groups is 2. The van der Waals surface area contributed by atoms with Gasteiger partial charge in [0.05, 0.1) is 45.2 Å². The van der Waals surface area contributed by atoms with Gasteiger partial charge in [0.25, 0.3) is 0 Å². The third kappa shape index (κ3) is 9.20. The lowest BCUT2D eigenvalue weighted by Gasteiger charge is -2.08. The van der Waals surface area contributed by atoms with Crippen LogP contribution in [0.15, 0.2) is 103 Å². The molecule has 0 radical (unpaired) electrons. The van der Waals surface area contributed by atoms with Crippen LogP contribution < -0.4 is 20.1 Å². The fraction of sp³-hybridized carbons (Fsp3) is 0.176. The van der Waals surface area contributed by atoms with Gasteiger partial charge in [0, 0.05) is 21.2 Å². The number of rotatable bonds is 14. The lowest BCUT2D eigenvalue weighted by Crippen LogP contribution is -2.13. The average Bonchev–Trinajstić information content (AvgIpc) is 3.68. The highest BCUT2D eigenvalue weighted by Gasteiger charge is 2.11. The summed E-state index contributed by atoms with van der Waals surface area (Å²) in [5.74, 6) is 2.02. The van der Waals surface area contributed by atoms with E-state index >= 15 is 0 Å². The number of benzene rings is 4. The smallest absolute Gasteiger partial charge is 0.234 e. The normalized spacial score (nSPS) is 11.1. The Balaban J connectivity index is 0.937. The van der Waals surface area contributed by atoms with Crippen LogP contribution in [0.1, 0.15) is 13.8 Å². The quantitative estimate of drug-likeness (QED) is 0.107. The summed E-state index contributed by atoms with van der Waals surface area (Å²) in [7, 11) is 0. The van der Waals surface area contributed by atoms with Crippen molar-refractivity contribution in [3.8, 4) is 11.5 Å². The van der Waals surface area contributed by atoms with Gasteiger partial charge >= 0.3 is 0 Å². The minimum Gasteiger partial charge on any atom is -0.494 e. The molecular formula is C34H30N4O4S5. The minimum absolute atomic E-state index is 0.0862. The standard InChI is InChI=1S/C34H30N4O4S5/c1-3-41-23-9-15-27-29(17-23)46-33(37-27)43-19-31(39)35-21-5-11-25(12-6-21)45-26-13-7-22(8-14-26)36-32(40)20-44-34-38-28-16-10-24(42-4-2)18-30(28)47-34/h5-18H,3-4,19-20H2,1-2H3,(H,35,39)(H,36,40). The van der Waals surface area contributed by atoms with E-state index in [1.807, 2.05) is 98.8 Å². The number of thioether (sulfide) groups is 2. The summed E-state index contributed by atoms with van der Waals surface area (Å²) < 4.78 is 14.9. The number of carbonyl (C=O) groups excluding carboxylic acids is 2. The predicted molar refractivity (Wildman–Crippen MR) is 197 cm³/mol. The summed E-state index contributed by atoms with van der Waals surface area (Å²) in [4.78, 5) is 36.5. The molecule has 2 heterocycles.